The third-order valence-electron chi connectivity index (χ3n) is 2.48. The molecule has 0 saturated heterocycles. The SMILES string of the molecule is N#CCc1nc(-c2cccc(F)c2F)ccc1N. The van der Waals surface area contributed by atoms with E-state index in [2.05, 4.69) is 4.98 Å². The van der Waals surface area contributed by atoms with Gasteiger partial charge in [0.25, 0.3) is 0 Å². The number of nitrogens with zero attached hydrogens (tertiary/aromatic N) is 2. The quantitative estimate of drug-likeness (QED) is 0.884. The van der Waals surface area contributed by atoms with Gasteiger partial charge in [-0.2, -0.15) is 5.26 Å². The van der Waals surface area contributed by atoms with Crippen molar-refractivity contribution in [1.29, 1.82) is 5.26 Å². The highest BCUT2D eigenvalue weighted by Gasteiger charge is 2.12. The van der Waals surface area contributed by atoms with Crippen molar-refractivity contribution in [3.8, 4) is 17.3 Å². The number of nitrogen functional groups attached to an aromatic ring is 1. The molecule has 0 bridgehead atoms. The van der Waals surface area contributed by atoms with Gasteiger partial charge in [-0.05, 0) is 24.3 Å². The van der Waals surface area contributed by atoms with Crippen LogP contribution in [0.5, 0.6) is 0 Å². The number of nitrogens with two attached hydrogens (primary N) is 1. The Kier molecular flexibility index (Phi) is 3.20. The second-order valence-electron chi connectivity index (χ2n) is 3.67. The van der Waals surface area contributed by atoms with E-state index in [0.29, 0.717) is 11.4 Å². The summed E-state index contributed by atoms with van der Waals surface area (Å²) >= 11 is 0. The van der Waals surface area contributed by atoms with Gasteiger partial charge >= 0.3 is 0 Å². The predicted molar refractivity (Wildman–Crippen MR) is 63.3 cm³/mol. The summed E-state index contributed by atoms with van der Waals surface area (Å²) < 4.78 is 26.7. The van der Waals surface area contributed by atoms with Gasteiger partial charge in [0.05, 0.1) is 29.6 Å². The van der Waals surface area contributed by atoms with Crippen molar-refractivity contribution in [1.82, 2.24) is 4.98 Å². The molecule has 0 amide bonds. The first-order valence-corrected chi connectivity index (χ1v) is 5.20. The van der Waals surface area contributed by atoms with Crippen molar-refractivity contribution in [3.63, 3.8) is 0 Å². The number of benzene rings is 1. The van der Waals surface area contributed by atoms with E-state index in [9.17, 15) is 8.78 Å². The zero-order chi connectivity index (χ0) is 13.1. The zero-order valence-electron chi connectivity index (χ0n) is 9.32. The van der Waals surface area contributed by atoms with Crippen molar-refractivity contribution in [2.24, 2.45) is 0 Å². The molecule has 0 spiro atoms. The normalized spacial score (nSPS) is 10.1. The lowest BCUT2D eigenvalue weighted by Gasteiger charge is -2.06. The van der Waals surface area contributed by atoms with Crippen molar-refractivity contribution in [2.75, 3.05) is 5.73 Å². The Labute approximate surface area is 103 Å². The average molecular weight is 245 g/mol. The highest BCUT2D eigenvalue weighted by atomic mass is 19.2. The van der Waals surface area contributed by atoms with E-state index in [4.69, 9.17) is 11.0 Å². The minimum atomic E-state index is -0.960. The van der Waals surface area contributed by atoms with Crippen LogP contribution in [-0.4, -0.2) is 4.98 Å². The van der Waals surface area contributed by atoms with Gasteiger partial charge < -0.3 is 5.73 Å². The van der Waals surface area contributed by atoms with Crippen LogP contribution in [0.1, 0.15) is 5.69 Å². The maximum Gasteiger partial charge on any atom is 0.168 e. The molecule has 2 rings (SSSR count). The molecule has 0 saturated carbocycles. The Morgan fingerprint density at radius 3 is 2.72 bits per heavy atom. The summed E-state index contributed by atoms with van der Waals surface area (Å²) in [5, 5.41) is 8.62. The van der Waals surface area contributed by atoms with Gasteiger partial charge in [-0.15, -0.1) is 0 Å². The third-order valence-corrected chi connectivity index (χ3v) is 2.48. The van der Waals surface area contributed by atoms with Gasteiger partial charge in [0, 0.05) is 5.56 Å². The van der Waals surface area contributed by atoms with Crippen molar-refractivity contribution in [2.45, 2.75) is 6.42 Å². The van der Waals surface area contributed by atoms with E-state index in [0.717, 1.165) is 6.07 Å². The fourth-order valence-electron chi connectivity index (χ4n) is 1.58. The monoisotopic (exact) mass is 245 g/mol. The number of aromatic nitrogens is 1. The predicted octanol–water partition coefficient (Wildman–Crippen LogP) is 2.68. The highest BCUT2D eigenvalue weighted by molar-refractivity contribution is 5.63. The number of nitriles is 1. The van der Waals surface area contributed by atoms with Gasteiger partial charge in [0.1, 0.15) is 0 Å². The molecule has 0 fully saturated rings. The molecule has 2 N–H and O–H groups in total. The molecule has 1 aromatic heterocycles. The second-order valence-corrected chi connectivity index (χ2v) is 3.67. The lowest BCUT2D eigenvalue weighted by Crippen LogP contribution is -2.00. The zero-order valence-corrected chi connectivity index (χ0v) is 9.32. The first-order valence-electron chi connectivity index (χ1n) is 5.20. The standard InChI is InChI=1S/C13H9F2N3/c14-9-3-1-2-8(13(9)15)11-5-4-10(17)12(18-11)6-7-16/h1-5H,6,17H2. The summed E-state index contributed by atoms with van der Waals surface area (Å²) in [5.74, 6) is -1.90. The fraction of sp³-hybridized carbons (Fsp3) is 0.0769. The smallest absolute Gasteiger partial charge is 0.168 e. The molecular weight excluding hydrogens is 236 g/mol. The van der Waals surface area contributed by atoms with E-state index in [1.807, 2.05) is 6.07 Å². The molecule has 18 heavy (non-hydrogen) atoms. The maximum atomic E-state index is 13.6. The minimum absolute atomic E-state index is 0.0244. The second kappa shape index (κ2) is 4.80. The molecule has 3 nitrogen and oxygen atoms in total. The van der Waals surface area contributed by atoms with Crippen LogP contribution in [0.25, 0.3) is 11.3 Å². The summed E-state index contributed by atoms with van der Waals surface area (Å²) in [4.78, 5) is 4.08. The van der Waals surface area contributed by atoms with Crippen LogP contribution < -0.4 is 5.73 Å². The first-order chi connectivity index (χ1) is 8.63. The molecule has 0 aliphatic carbocycles. The average Bonchev–Trinajstić information content (AvgIpc) is 2.36. The number of halogens is 2. The molecule has 5 heteroatoms. The summed E-state index contributed by atoms with van der Waals surface area (Å²) in [7, 11) is 0. The van der Waals surface area contributed by atoms with Crippen LogP contribution >= 0.6 is 0 Å². The highest BCUT2D eigenvalue weighted by Crippen LogP contribution is 2.24. The molecule has 0 atom stereocenters. The van der Waals surface area contributed by atoms with Gasteiger partial charge in [-0.1, -0.05) is 6.07 Å². The number of anilines is 1. The Hall–Kier alpha value is -2.48. The van der Waals surface area contributed by atoms with E-state index in [-0.39, 0.29) is 17.7 Å². The lowest BCUT2D eigenvalue weighted by atomic mass is 10.1. The topological polar surface area (TPSA) is 62.7 Å². The fourth-order valence-corrected chi connectivity index (χ4v) is 1.58. The van der Waals surface area contributed by atoms with E-state index in [1.54, 1.807) is 0 Å². The molecule has 0 aliphatic rings. The minimum Gasteiger partial charge on any atom is -0.397 e. The molecule has 0 aliphatic heterocycles. The van der Waals surface area contributed by atoms with Crippen molar-refractivity contribution >= 4 is 5.69 Å². The largest absolute Gasteiger partial charge is 0.397 e. The third kappa shape index (κ3) is 2.13. The molecule has 90 valence electrons. The van der Waals surface area contributed by atoms with E-state index in [1.165, 1.54) is 24.3 Å². The Morgan fingerprint density at radius 1 is 1.22 bits per heavy atom. The Bertz CT molecular complexity index is 633. The lowest BCUT2D eigenvalue weighted by molar-refractivity contribution is 0.511. The van der Waals surface area contributed by atoms with Crippen molar-refractivity contribution < 1.29 is 8.78 Å². The summed E-state index contributed by atoms with van der Waals surface area (Å²) in [6, 6.07) is 8.80. The van der Waals surface area contributed by atoms with Crippen LogP contribution in [-0.2, 0) is 6.42 Å². The number of rotatable bonds is 2. The van der Waals surface area contributed by atoms with Crippen LogP contribution in [0.2, 0.25) is 0 Å². The van der Waals surface area contributed by atoms with Gasteiger partial charge in [0.15, 0.2) is 11.6 Å². The van der Waals surface area contributed by atoms with E-state index < -0.39 is 11.6 Å². The molecule has 0 radical (unpaired) electrons. The maximum absolute atomic E-state index is 13.6. The Balaban J connectivity index is 2.55. The van der Waals surface area contributed by atoms with E-state index >= 15 is 0 Å². The number of hydrogen-bond donors (Lipinski definition) is 1. The van der Waals surface area contributed by atoms with Gasteiger partial charge in [-0.3, -0.25) is 0 Å². The molecule has 1 heterocycles. The van der Waals surface area contributed by atoms with Gasteiger partial charge in [-0.25, -0.2) is 13.8 Å². The van der Waals surface area contributed by atoms with Crippen LogP contribution in [0, 0.1) is 23.0 Å². The van der Waals surface area contributed by atoms with Gasteiger partial charge in [0.2, 0.25) is 0 Å². The molecule has 2 aromatic rings. The molecule has 0 unspecified atom stereocenters. The molecular formula is C13H9F2N3. The van der Waals surface area contributed by atoms with Crippen LogP contribution in [0.3, 0.4) is 0 Å². The Morgan fingerprint density at radius 2 is 2.00 bits per heavy atom. The number of pyridine rings is 1. The first kappa shape index (κ1) is 12.0. The van der Waals surface area contributed by atoms with Crippen LogP contribution in [0.15, 0.2) is 30.3 Å². The van der Waals surface area contributed by atoms with Crippen LogP contribution in [0.4, 0.5) is 14.5 Å². The molecule has 1 aromatic carbocycles. The van der Waals surface area contributed by atoms with Crippen molar-refractivity contribution in [3.05, 3.63) is 47.7 Å². The summed E-state index contributed by atoms with van der Waals surface area (Å²) in [6.07, 6.45) is 0.0244. The number of hydrogen-bond acceptors (Lipinski definition) is 3. The summed E-state index contributed by atoms with van der Waals surface area (Å²) in [6.45, 7) is 0. The summed E-state index contributed by atoms with van der Waals surface area (Å²) in [5.41, 5.74) is 6.66.